The zero-order valence-electron chi connectivity index (χ0n) is 30.8. The number of nitriles is 1. The van der Waals surface area contributed by atoms with Crippen LogP contribution in [0.4, 0.5) is 34.1 Å². The average Bonchev–Trinajstić information content (AvgIpc) is 3.15. The lowest BCUT2D eigenvalue weighted by Gasteiger charge is -2.33. The second-order valence-electron chi connectivity index (χ2n) is 15.8. The molecule has 0 aliphatic heterocycles. The van der Waals surface area contributed by atoms with Gasteiger partial charge in [0.2, 0.25) is 0 Å². The van der Waals surface area contributed by atoms with Crippen molar-refractivity contribution in [1.29, 1.82) is 5.26 Å². The molecule has 0 amide bonds. The zero-order valence-corrected chi connectivity index (χ0v) is 32.8. The standard InChI is InChI=1S/C47H43N3Si2/c1-51(2,3)44-22-14-12-20-42(44)49(36-17-8-7-9-18-36)40-30-26-33-25-29-38-41(31-27-34-24-28-37(40)46(33)47(34)38)50(39-19-11-10-16-35(39)32-48)43-21-13-15-23-45(43)52(4,5)6/h7-31H,1-6H3. The molecule has 0 aliphatic carbocycles. The van der Waals surface area contributed by atoms with E-state index in [-0.39, 0.29) is 0 Å². The summed E-state index contributed by atoms with van der Waals surface area (Å²) in [6.45, 7) is 14.5. The van der Waals surface area contributed by atoms with Crippen molar-refractivity contribution < 1.29 is 0 Å². The van der Waals surface area contributed by atoms with Crippen molar-refractivity contribution in [3.8, 4) is 6.07 Å². The van der Waals surface area contributed by atoms with Crippen LogP contribution in [0.2, 0.25) is 39.3 Å². The van der Waals surface area contributed by atoms with Gasteiger partial charge in [-0.1, -0.05) is 142 Å². The van der Waals surface area contributed by atoms with Crippen molar-refractivity contribution in [2.24, 2.45) is 0 Å². The Morgan fingerprint density at radius 3 is 1.35 bits per heavy atom. The largest absolute Gasteiger partial charge is 0.310 e. The SMILES string of the molecule is C[Si](C)(C)c1ccccc1N(c1ccccc1)c1ccc2ccc3c(N(c4ccccc4C#N)c4ccccc4[Si](C)(C)C)ccc4ccc1c2c43. The van der Waals surface area contributed by atoms with E-state index in [9.17, 15) is 5.26 Å². The number of para-hydroxylation sites is 4. The van der Waals surface area contributed by atoms with E-state index in [4.69, 9.17) is 0 Å². The molecule has 0 atom stereocenters. The second-order valence-corrected chi connectivity index (χ2v) is 25.8. The van der Waals surface area contributed by atoms with E-state index in [2.05, 4.69) is 189 Å². The van der Waals surface area contributed by atoms with Gasteiger partial charge in [0, 0.05) is 27.8 Å². The van der Waals surface area contributed by atoms with Crippen LogP contribution >= 0.6 is 0 Å². The maximum atomic E-state index is 10.4. The van der Waals surface area contributed by atoms with Crippen LogP contribution in [0.25, 0.3) is 32.3 Å². The zero-order chi connectivity index (χ0) is 36.2. The maximum Gasteiger partial charge on any atom is 0.101 e. The van der Waals surface area contributed by atoms with Crippen molar-refractivity contribution in [2.45, 2.75) is 39.3 Å². The first-order chi connectivity index (χ1) is 25.1. The fourth-order valence-electron chi connectivity index (χ4n) is 7.90. The Balaban J connectivity index is 1.45. The van der Waals surface area contributed by atoms with Crippen LogP contribution in [0.3, 0.4) is 0 Å². The van der Waals surface area contributed by atoms with Crippen molar-refractivity contribution >= 4 is 93.0 Å². The van der Waals surface area contributed by atoms with Crippen LogP contribution in [0, 0.1) is 11.3 Å². The van der Waals surface area contributed by atoms with Crippen LogP contribution in [-0.4, -0.2) is 16.1 Å². The molecule has 3 nitrogen and oxygen atoms in total. The fraction of sp³-hybridized carbons (Fsp3) is 0.128. The highest BCUT2D eigenvalue weighted by atomic mass is 28.3. The van der Waals surface area contributed by atoms with Gasteiger partial charge in [-0.25, -0.2) is 0 Å². The highest BCUT2D eigenvalue weighted by molar-refractivity contribution is 6.90. The Kier molecular flexibility index (Phi) is 8.25. The third-order valence-electron chi connectivity index (χ3n) is 10.3. The lowest BCUT2D eigenvalue weighted by atomic mass is 9.91. The lowest BCUT2D eigenvalue weighted by Crippen LogP contribution is -2.40. The average molecular weight is 706 g/mol. The van der Waals surface area contributed by atoms with Gasteiger partial charge >= 0.3 is 0 Å². The molecule has 5 heteroatoms. The van der Waals surface area contributed by atoms with Gasteiger partial charge in [-0.2, -0.15) is 5.26 Å². The molecule has 0 saturated carbocycles. The van der Waals surface area contributed by atoms with E-state index < -0.39 is 16.1 Å². The molecule has 0 heterocycles. The van der Waals surface area contributed by atoms with E-state index in [0.717, 1.165) is 22.7 Å². The Hall–Kier alpha value is -5.68. The van der Waals surface area contributed by atoms with Crippen molar-refractivity contribution in [3.05, 3.63) is 157 Å². The molecular weight excluding hydrogens is 663 g/mol. The van der Waals surface area contributed by atoms with Crippen molar-refractivity contribution in [3.63, 3.8) is 0 Å². The van der Waals surface area contributed by atoms with Crippen LogP contribution < -0.4 is 20.2 Å². The topological polar surface area (TPSA) is 30.3 Å². The van der Waals surface area contributed by atoms with E-state index in [0.29, 0.717) is 5.56 Å². The molecule has 0 aliphatic rings. The fourth-order valence-corrected chi connectivity index (χ4v) is 11.0. The van der Waals surface area contributed by atoms with Gasteiger partial charge in [-0.3, -0.25) is 0 Å². The minimum atomic E-state index is -1.80. The van der Waals surface area contributed by atoms with E-state index in [1.165, 1.54) is 54.1 Å². The highest BCUT2D eigenvalue weighted by Gasteiger charge is 2.29. The number of benzene rings is 8. The molecule has 8 rings (SSSR count). The Labute approximate surface area is 309 Å². The molecule has 254 valence electrons. The van der Waals surface area contributed by atoms with Gasteiger partial charge in [0.15, 0.2) is 0 Å². The molecule has 0 saturated heterocycles. The van der Waals surface area contributed by atoms with Crippen molar-refractivity contribution in [1.82, 2.24) is 0 Å². The number of hydrogen-bond acceptors (Lipinski definition) is 3. The van der Waals surface area contributed by atoms with E-state index in [1.54, 1.807) is 0 Å². The summed E-state index contributed by atoms with van der Waals surface area (Å²) >= 11 is 0. The molecule has 0 spiro atoms. The maximum absolute atomic E-state index is 10.4. The van der Waals surface area contributed by atoms with Gasteiger partial charge in [-0.05, 0) is 80.4 Å². The summed E-state index contributed by atoms with van der Waals surface area (Å²) < 4.78 is 0. The normalized spacial score (nSPS) is 12.0. The minimum absolute atomic E-state index is 0.653. The van der Waals surface area contributed by atoms with Crippen LogP contribution in [0.1, 0.15) is 5.56 Å². The molecule has 52 heavy (non-hydrogen) atoms. The molecule has 0 radical (unpaired) electrons. The van der Waals surface area contributed by atoms with E-state index in [1.807, 2.05) is 18.2 Å². The van der Waals surface area contributed by atoms with Crippen LogP contribution in [-0.2, 0) is 0 Å². The van der Waals surface area contributed by atoms with Gasteiger partial charge < -0.3 is 9.80 Å². The van der Waals surface area contributed by atoms with E-state index >= 15 is 0 Å². The van der Waals surface area contributed by atoms with Crippen LogP contribution in [0.5, 0.6) is 0 Å². The molecule has 0 aromatic heterocycles. The molecular formula is C47H43N3Si2. The first-order valence-corrected chi connectivity index (χ1v) is 25.1. The van der Waals surface area contributed by atoms with Gasteiger partial charge in [0.05, 0.1) is 38.8 Å². The van der Waals surface area contributed by atoms with Crippen LogP contribution in [0.15, 0.2) is 152 Å². The number of hydrogen-bond donors (Lipinski definition) is 0. The Bertz CT molecular complexity index is 2630. The van der Waals surface area contributed by atoms with Gasteiger partial charge in [0.25, 0.3) is 0 Å². The number of nitrogens with zero attached hydrogens (tertiary/aromatic N) is 3. The molecule has 8 aromatic carbocycles. The summed E-state index contributed by atoms with van der Waals surface area (Å²) in [7, 11) is -3.51. The number of rotatable bonds is 8. The lowest BCUT2D eigenvalue weighted by molar-refractivity contribution is 1.29. The Morgan fingerprint density at radius 1 is 0.404 bits per heavy atom. The molecule has 0 fully saturated rings. The molecule has 8 aromatic rings. The third kappa shape index (κ3) is 5.65. The first-order valence-electron chi connectivity index (χ1n) is 18.1. The van der Waals surface area contributed by atoms with Gasteiger partial charge in [0.1, 0.15) is 6.07 Å². The minimum Gasteiger partial charge on any atom is -0.310 e. The van der Waals surface area contributed by atoms with Gasteiger partial charge in [-0.15, -0.1) is 0 Å². The molecule has 0 N–H and O–H groups in total. The Morgan fingerprint density at radius 2 is 0.827 bits per heavy atom. The van der Waals surface area contributed by atoms with Crippen molar-refractivity contribution in [2.75, 3.05) is 9.80 Å². The monoisotopic (exact) mass is 705 g/mol. The summed E-state index contributed by atoms with van der Waals surface area (Å²) in [5.41, 5.74) is 7.31. The molecule has 0 bridgehead atoms. The molecule has 0 unspecified atom stereocenters. The first kappa shape index (κ1) is 33.5. The summed E-state index contributed by atoms with van der Waals surface area (Å²) in [6, 6.07) is 57.3. The summed E-state index contributed by atoms with van der Waals surface area (Å²) in [4.78, 5) is 4.82. The highest BCUT2D eigenvalue weighted by Crippen LogP contribution is 2.47. The summed E-state index contributed by atoms with van der Waals surface area (Å²) in [5, 5.41) is 20.5. The third-order valence-corrected chi connectivity index (χ3v) is 14.4. The quantitative estimate of drug-likeness (QED) is 0.116. The predicted molar refractivity (Wildman–Crippen MR) is 230 cm³/mol. The summed E-state index contributed by atoms with van der Waals surface area (Å²) in [5.74, 6) is 0. The summed E-state index contributed by atoms with van der Waals surface area (Å²) in [6.07, 6.45) is 0. The number of anilines is 6. The predicted octanol–water partition coefficient (Wildman–Crippen LogP) is 12.5. The smallest absolute Gasteiger partial charge is 0.101 e. The second kappa shape index (κ2) is 12.8.